The molecule has 5 rings (SSSR count). The molecule has 1 atom stereocenters. The van der Waals surface area contributed by atoms with Crippen molar-refractivity contribution in [3.05, 3.63) is 98.5 Å². The summed E-state index contributed by atoms with van der Waals surface area (Å²) in [7, 11) is 3.24. The zero-order valence-electron chi connectivity index (χ0n) is 21.3. The Balaban J connectivity index is 1.28. The van der Waals surface area contributed by atoms with Gasteiger partial charge in [-0.1, -0.05) is 24.3 Å². The number of aliphatic hydroxyl groups is 1. The van der Waals surface area contributed by atoms with E-state index in [4.69, 9.17) is 0 Å². The van der Waals surface area contributed by atoms with Crippen LogP contribution in [0.3, 0.4) is 0 Å². The van der Waals surface area contributed by atoms with Crippen LogP contribution in [-0.2, 0) is 20.6 Å². The maximum absolute atomic E-state index is 13.6. The number of hydrogen-bond donors (Lipinski definition) is 1. The maximum Gasteiger partial charge on any atom is 0.332 e. The van der Waals surface area contributed by atoms with E-state index in [1.807, 2.05) is 0 Å². The molecule has 2 aromatic heterocycles. The second-order valence-corrected chi connectivity index (χ2v) is 9.78. The third-order valence-electron chi connectivity index (χ3n) is 7.21. The smallest absolute Gasteiger partial charge is 0.332 e. The van der Waals surface area contributed by atoms with Crippen LogP contribution in [-0.4, -0.2) is 72.4 Å². The number of benzene rings is 2. The van der Waals surface area contributed by atoms with Gasteiger partial charge in [0, 0.05) is 46.8 Å². The lowest BCUT2D eigenvalue weighted by molar-refractivity contribution is 0.0545. The third-order valence-corrected chi connectivity index (χ3v) is 7.21. The second-order valence-electron chi connectivity index (χ2n) is 9.78. The van der Waals surface area contributed by atoms with Crippen molar-refractivity contribution >= 4 is 11.2 Å². The predicted molar refractivity (Wildman–Crippen MR) is 139 cm³/mol. The maximum atomic E-state index is 13.6. The first-order valence-electron chi connectivity index (χ1n) is 12.5. The van der Waals surface area contributed by atoms with Gasteiger partial charge in [-0.05, 0) is 35.4 Å². The van der Waals surface area contributed by atoms with Crippen LogP contribution >= 0.6 is 0 Å². The van der Waals surface area contributed by atoms with Crippen LogP contribution in [0, 0.1) is 11.6 Å². The summed E-state index contributed by atoms with van der Waals surface area (Å²) < 4.78 is 31.1. The first kappa shape index (κ1) is 26.0. The van der Waals surface area contributed by atoms with Gasteiger partial charge in [-0.3, -0.25) is 23.7 Å². The van der Waals surface area contributed by atoms with Gasteiger partial charge in [-0.15, -0.1) is 0 Å². The Morgan fingerprint density at radius 3 is 1.97 bits per heavy atom. The Bertz CT molecular complexity index is 1490. The molecular formula is C27H30F2N6O3. The standard InChI is InChI=1S/C27H30F2N6O3/c1-31-17-30-25-24(31)26(37)35(27(38)32(25)2)16-22(36)15-33-11-13-34(14-12-33)23(18-3-7-20(28)8-4-18)19-5-9-21(29)10-6-19/h3-10,17,22-23,36H,11-16H2,1-2H3. The Labute approximate surface area is 217 Å². The molecule has 38 heavy (non-hydrogen) atoms. The van der Waals surface area contributed by atoms with E-state index in [1.165, 1.54) is 35.2 Å². The Morgan fingerprint density at radius 1 is 0.868 bits per heavy atom. The highest BCUT2D eigenvalue weighted by Gasteiger charge is 2.28. The van der Waals surface area contributed by atoms with Crippen LogP contribution in [0.5, 0.6) is 0 Å². The predicted octanol–water partition coefficient (Wildman–Crippen LogP) is 1.48. The summed E-state index contributed by atoms with van der Waals surface area (Å²) in [5.41, 5.74) is 1.43. The fourth-order valence-electron chi connectivity index (χ4n) is 5.23. The quantitative estimate of drug-likeness (QED) is 0.394. The van der Waals surface area contributed by atoms with Gasteiger partial charge < -0.3 is 9.67 Å². The molecule has 2 aromatic carbocycles. The minimum atomic E-state index is -0.928. The number of imidazole rings is 1. The average Bonchev–Trinajstić information content (AvgIpc) is 3.30. The van der Waals surface area contributed by atoms with E-state index in [0.29, 0.717) is 43.9 Å². The molecule has 0 amide bonds. The first-order valence-corrected chi connectivity index (χ1v) is 12.5. The zero-order chi connectivity index (χ0) is 27.0. The number of aryl methyl sites for hydroxylation is 2. The van der Waals surface area contributed by atoms with Crippen LogP contribution in [0.15, 0.2) is 64.4 Å². The molecule has 1 unspecified atom stereocenters. The van der Waals surface area contributed by atoms with Gasteiger partial charge in [-0.2, -0.15) is 0 Å². The molecule has 0 saturated carbocycles. The van der Waals surface area contributed by atoms with Crippen molar-refractivity contribution in [1.29, 1.82) is 0 Å². The number of fused-ring (bicyclic) bond motifs is 1. The lowest BCUT2D eigenvalue weighted by Gasteiger charge is -2.40. The van der Waals surface area contributed by atoms with E-state index < -0.39 is 17.4 Å². The summed E-state index contributed by atoms with van der Waals surface area (Å²) in [6.45, 7) is 2.78. The van der Waals surface area contributed by atoms with Crippen LogP contribution in [0.4, 0.5) is 8.78 Å². The van der Waals surface area contributed by atoms with Crippen LogP contribution in [0.25, 0.3) is 11.2 Å². The topological polar surface area (TPSA) is 88.5 Å². The van der Waals surface area contributed by atoms with Gasteiger partial charge in [0.2, 0.25) is 0 Å². The minimum absolute atomic E-state index is 0.124. The molecule has 0 radical (unpaired) electrons. The van der Waals surface area contributed by atoms with Gasteiger partial charge in [0.15, 0.2) is 11.2 Å². The number of rotatable bonds is 7. The van der Waals surface area contributed by atoms with E-state index in [1.54, 1.807) is 42.9 Å². The highest BCUT2D eigenvalue weighted by atomic mass is 19.1. The fourth-order valence-corrected chi connectivity index (χ4v) is 5.23. The molecule has 200 valence electrons. The van der Waals surface area contributed by atoms with Gasteiger partial charge in [0.1, 0.15) is 11.6 Å². The molecule has 1 fully saturated rings. The average molecular weight is 525 g/mol. The van der Waals surface area contributed by atoms with Crippen LogP contribution in [0.1, 0.15) is 17.2 Å². The van der Waals surface area contributed by atoms with E-state index >= 15 is 0 Å². The van der Waals surface area contributed by atoms with Crippen molar-refractivity contribution in [1.82, 2.24) is 28.5 Å². The summed E-state index contributed by atoms with van der Waals surface area (Å²) in [5, 5.41) is 10.8. The van der Waals surface area contributed by atoms with E-state index in [0.717, 1.165) is 15.7 Å². The second kappa shape index (κ2) is 10.6. The highest BCUT2D eigenvalue weighted by Crippen LogP contribution is 2.30. The van der Waals surface area contributed by atoms with Crippen molar-refractivity contribution in [3.63, 3.8) is 0 Å². The van der Waals surface area contributed by atoms with Crippen LogP contribution < -0.4 is 11.2 Å². The van der Waals surface area contributed by atoms with Crippen LogP contribution in [0.2, 0.25) is 0 Å². The molecule has 3 heterocycles. The largest absolute Gasteiger partial charge is 0.390 e. The number of halogens is 2. The third kappa shape index (κ3) is 5.04. The molecule has 0 spiro atoms. The molecule has 1 aliphatic heterocycles. The number of aromatic nitrogens is 4. The molecule has 4 aromatic rings. The number of hydrogen-bond acceptors (Lipinski definition) is 6. The lowest BCUT2D eigenvalue weighted by atomic mass is 9.96. The highest BCUT2D eigenvalue weighted by molar-refractivity contribution is 5.69. The molecule has 9 nitrogen and oxygen atoms in total. The summed E-state index contributed by atoms with van der Waals surface area (Å²) in [4.78, 5) is 34.2. The van der Waals surface area contributed by atoms with Gasteiger partial charge in [-0.25, -0.2) is 18.6 Å². The number of nitrogens with zero attached hydrogens (tertiary/aromatic N) is 6. The molecule has 0 bridgehead atoms. The Hall–Kier alpha value is -3.67. The van der Waals surface area contributed by atoms with E-state index in [2.05, 4.69) is 14.8 Å². The Kier molecular flexibility index (Phi) is 7.24. The van der Waals surface area contributed by atoms with Gasteiger partial charge in [0.05, 0.1) is 25.0 Å². The number of β-amino-alcohol motifs (C(OH)–C–C–N with tert-alkyl or cyclic N) is 1. The number of piperazine rings is 1. The molecule has 0 aliphatic carbocycles. The van der Waals surface area contributed by atoms with Crippen molar-refractivity contribution in [2.45, 2.75) is 18.7 Å². The molecule has 1 saturated heterocycles. The summed E-state index contributed by atoms with van der Waals surface area (Å²) in [6.07, 6.45) is 0.555. The fraction of sp³-hybridized carbons (Fsp3) is 0.370. The van der Waals surface area contributed by atoms with Gasteiger partial charge >= 0.3 is 5.69 Å². The molecular weight excluding hydrogens is 494 g/mol. The SMILES string of the molecule is Cn1cnc2c1c(=O)n(CC(O)CN1CCN(C(c3ccc(F)cc3)c3ccc(F)cc3)CC1)c(=O)n2C. The molecule has 11 heteroatoms. The van der Waals surface area contributed by atoms with E-state index in [-0.39, 0.29) is 24.2 Å². The minimum Gasteiger partial charge on any atom is -0.390 e. The number of aliphatic hydroxyl groups excluding tert-OH is 1. The lowest BCUT2D eigenvalue weighted by Crippen LogP contribution is -2.51. The normalized spacial score (nSPS) is 15.9. The van der Waals surface area contributed by atoms with Crippen molar-refractivity contribution in [3.8, 4) is 0 Å². The summed E-state index contributed by atoms with van der Waals surface area (Å²) in [6, 6.07) is 12.5. The first-order chi connectivity index (χ1) is 18.2. The van der Waals surface area contributed by atoms with Crippen molar-refractivity contribution in [2.24, 2.45) is 14.1 Å². The summed E-state index contributed by atoms with van der Waals surface area (Å²) in [5.74, 6) is -0.635. The zero-order valence-corrected chi connectivity index (χ0v) is 21.3. The molecule has 1 aliphatic rings. The monoisotopic (exact) mass is 524 g/mol. The van der Waals surface area contributed by atoms with Gasteiger partial charge in [0.25, 0.3) is 5.56 Å². The van der Waals surface area contributed by atoms with Crippen molar-refractivity contribution in [2.75, 3.05) is 32.7 Å². The van der Waals surface area contributed by atoms with Crippen molar-refractivity contribution < 1.29 is 13.9 Å². The van der Waals surface area contributed by atoms with E-state index in [9.17, 15) is 23.5 Å². The Morgan fingerprint density at radius 2 is 1.42 bits per heavy atom. The molecule has 1 N–H and O–H groups in total. The summed E-state index contributed by atoms with van der Waals surface area (Å²) >= 11 is 0.